The zero-order chi connectivity index (χ0) is 18.5. The first kappa shape index (κ1) is 18.0. The number of para-hydroxylation sites is 1. The Kier molecular flexibility index (Phi) is 5.58. The Morgan fingerprint density at radius 2 is 1.88 bits per heavy atom. The van der Waals surface area contributed by atoms with Crippen molar-refractivity contribution in [3.05, 3.63) is 64.9 Å². The van der Waals surface area contributed by atoms with Crippen LogP contribution in [0, 0.1) is 5.82 Å². The van der Waals surface area contributed by atoms with Crippen molar-refractivity contribution in [3.8, 4) is 0 Å². The van der Waals surface area contributed by atoms with Gasteiger partial charge in [0.05, 0.1) is 15.2 Å². The Morgan fingerprint density at radius 3 is 2.58 bits per heavy atom. The van der Waals surface area contributed by atoms with Crippen LogP contribution in [0.15, 0.2) is 48.5 Å². The van der Waals surface area contributed by atoms with Crippen molar-refractivity contribution in [2.75, 3.05) is 0 Å². The van der Waals surface area contributed by atoms with Crippen molar-refractivity contribution in [1.82, 2.24) is 10.3 Å². The number of nitrogens with zero attached hydrogens (tertiary/aromatic N) is 1. The van der Waals surface area contributed by atoms with E-state index in [0.29, 0.717) is 12.0 Å². The summed E-state index contributed by atoms with van der Waals surface area (Å²) in [5.41, 5.74) is 1.54. The predicted octanol–water partition coefficient (Wildman–Crippen LogP) is 3.18. The summed E-state index contributed by atoms with van der Waals surface area (Å²) in [6, 6.07) is 12.2. The summed E-state index contributed by atoms with van der Waals surface area (Å²) in [4.78, 5) is 28.0. The quantitative estimate of drug-likeness (QED) is 0.668. The number of amides is 1. The number of nitrogens with one attached hydrogen (secondary N) is 1. The average Bonchev–Trinajstić information content (AvgIpc) is 3.04. The highest BCUT2D eigenvalue weighted by Gasteiger charge is 2.20. The van der Waals surface area contributed by atoms with Crippen LogP contribution < -0.4 is 5.32 Å². The lowest BCUT2D eigenvalue weighted by molar-refractivity contribution is -0.141. The van der Waals surface area contributed by atoms with Gasteiger partial charge in [-0.15, -0.1) is 11.3 Å². The number of aromatic nitrogens is 1. The van der Waals surface area contributed by atoms with Crippen LogP contribution in [0.25, 0.3) is 10.2 Å². The first-order valence-corrected chi connectivity index (χ1v) is 8.94. The molecule has 1 heterocycles. The van der Waals surface area contributed by atoms with Gasteiger partial charge in [-0.25, -0.2) is 14.2 Å². The second kappa shape index (κ2) is 8.05. The maximum Gasteiger partial charge on any atom is 0.326 e. The van der Waals surface area contributed by atoms with Gasteiger partial charge in [0.15, 0.2) is 0 Å². The van der Waals surface area contributed by atoms with Crippen LogP contribution in [0.2, 0.25) is 0 Å². The number of carbonyl (C=O) groups excluding carboxylic acids is 1. The minimum absolute atomic E-state index is 0.0997. The Bertz CT molecular complexity index is 891. The molecule has 1 unspecified atom stereocenters. The lowest BCUT2D eigenvalue weighted by atomic mass is 10.1. The number of halogens is 1. The average molecular weight is 372 g/mol. The zero-order valence-corrected chi connectivity index (χ0v) is 14.6. The molecule has 0 radical (unpaired) electrons. The standard InChI is InChI=1S/C19H17FN2O3S/c20-13-7-5-12(6-8-13)11-15(19(24)25)21-17(23)9-10-18-22-14-3-1-2-4-16(14)26-18/h1-8,15H,9-11H2,(H,21,23)(H,24,25). The lowest BCUT2D eigenvalue weighted by Gasteiger charge is -2.14. The van der Waals surface area contributed by atoms with Gasteiger partial charge in [0.1, 0.15) is 11.9 Å². The van der Waals surface area contributed by atoms with Crippen LogP contribution >= 0.6 is 11.3 Å². The SMILES string of the molecule is O=C(CCc1nc2ccccc2s1)NC(Cc1ccc(F)cc1)C(=O)O. The number of carboxylic acids is 1. The third-order valence-corrected chi connectivity index (χ3v) is 4.99. The summed E-state index contributed by atoms with van der Waals surface area (Å²) in [5.74, 6) is -1.86. The number of aryl methyl sites for hydroxylation is 1. The van der Waals surface area contributed by atoms with Crippen LogP contribution in [-0.4, -0.2) is 28.0 Å². The van der Waals surface area contributed by atoms with Gasteiger partial charge >= 0.3 is 5.97 Å². The van der Waals surface area contributed by atoms with Gasteiger partial charge in [0, 0.05) is 19.3 Å². The topological polar surface area (TPSA) is 79.3 Å². The number of aliphatic carboxylic acids is 1. The van der Waals surface area contributed by atoms with E-state index in [4.69, 9.17) is 0 Å². The van der Waals surface area contributed by atoms with Crippen LogP contribution in [0.4, 0.5) is 4.39 Å². The van der Waals surface area contributed by atoms with Gasteiger partial charge in [-0.1, -0.05) is 24.3 Å². The van der Waals surface area contributed by atoms with Crippen molar-refractivity contribution in [1.29, 1.82) is 0 Å². The molecule has 0 bridgehead atoms. The van der Waals surface area contributed by atoms with E-state index in [1.54, 1.807) is 0 Å². The van der Waals surface area contributed by atoms with E-state index in [0.717, 1.165) is 15.2 Å². The summed E-state index contributed by atoms with van der Waals surface area (Å²) in [6.45, 7) is 0. The van der Waals surface area contributed by atoms with Crippen LogP contribution in [0.5, 0.6) is 0 Å². The van der Waals surface area contributed by atoms with E-state index in [2.05, 4.69) is 10.3 Å². The smallest absolute Gasteiger partial charge is 0.326 e. The van der Waals surface area contributed by atoms with E-state index in [1.165, 1.54) is 35.6 Å². The highest BCUT2D eigenvalue weighted by Crippen LogP contribution is 2.22. The third-order valence-electron chi connectivity index (χ3n) is 3.89. The Balaban J connectivity index is 1.57. The summed E-state index contributed by atoms with van der Waals surface area (Å²) in [7, 11) is 0. The minimum atomic E-state index is -1.12. The van der Waals surface area contributed by atoms with Crippen molar-refractivity contribution in [3.63, 3.8) is 0 Å². The van der Waals surface area contributed by atoms with E-state index in [1.807, 2.05) is 24.3 Å². The molecule has 3 aromatic rings. The van der Waals surface area contributed by atoms with Gasteiger partial charge in [-0.3, -0.25) is 4.79 Å². The summed E-state index contributed by atoms with van der Waals surface area (Å²) in [5, 5.41) is 12.7. The molecule has 5 nitrogen and oxygen atoms in total. The first-order valence-electron chi connectivity index (χ1n) is 8.12. The molecular weight excluding hydrogens is 355 g/mol. The molecule has 7 heteroatoms. The Labute approximate surface area is 153 Å². The molecule has 1 aromatic heterocycles. The van der Waals surface area contributed by atoms with Crippen LogP contribution in [0.3, 0.4) is 0 Å². The molecule has 2 N–H and O–H groups in total. The number of carboxylic acid groups (broad SMARTS) is 1. The fraction of sp³-hybridized carbons (Fsp3) is 0.211. The molecule has 134 valence electrons. The van der Waals surface area contributed by atoms with Gasteiger partial charge in [0.2, 0.25) is 5.91 Å². The second-order valence-electron chi connectivity index (χ2n) is 5.86. The summed E-state index contributed by atoms with van der Waals surface area (Å²) in [6.07, 6.45) is 0.712. The molecule has 0 spiro atoms. The first-order chi connectivity index (χ1) is 12.5. The highest BCUT2D eigenvalue weighted by molar-refractivity contribution is 7.18. The molecule has 2 aromatic carbocycles. The van der Waals surface area contributed by atoms with Crippen molar-refractivity contribution in [2.24, 2.45) is 0 Å². The van der Waals surface area contributed by atoms with Crippen molar-refractivity contribution < 1.29 is 19.1 Å². The van der Waals surface area contributed by atoms with Gasteiger partial charge in [0.25, 0.3) is 0 Å². The van der Waals surface area contributed by atoms with Gasteiger partial charge in [-0.05, 0) is 29.8 Å². The maximum atomic E-state index is 12.9. The summed E-state index contributed by atoms with van der Waals surface area (Å²) < 4.78 is 14.0. The molecule has 0 aliphatic rings. The maximum absolute atomic E-state index is 12.9. The fourth-order valence-electron chi connectivity index (χ4n) is 2.57. The molecule has 1 amide bonds. The van der Waals surface area contributed by atoms with Crippen LogP contribution in [-0.2, 0) is 22.4 Å². The largest absolute Gasteiger partial charge is 0.480 e. The third kappa shape index (κ3) is 4.64. The molecule has 0 fully saturated rings. The second-order valence-corrected chi connectivity index (χ2v) is 6.98. The van der Waals surface area contributed by atoms with Gasteiger partial charge in [-0.2, -0.15) is 0 Å². The minimum Gasteiger partial charge on any atom is -0.480 e. The number of thiazole rings is 1. The predicted molar refractivity (Wildman–Crippen MR) is 97.6 cm³/mol. The number of hydrogen-bond donors (Lipinski definition) is 2. The van der Waals surface area contributed by atoms with E-state index in [-0.39, 0.29) is 24.6 Å². The number of fused-ring (bicyclic) bond motifs is 1. The van der Waals surface area contributed by atoms with E-state index < -0.39 is 12.0 Å². The molecule has 0 aliphatic carbocycles. The van der Waals surface area contributed by atoms with Crippen LogP contribution in [0.1, 0.15) is 17.0 Å². The van der Waals surface area contributed by atoms with E-state index in [9.17, 15) is 19.1 Å². The molecule has 0 saturated heterocycles. The Morgan fingerprint density at radius 1 is 1.15 bits per heavy atom. The van der Waals surface area contributed by atoms with Crippen molar-refractivity contribution >= 4 is 33.4 Å². The summed E-state index contributed by atoms with van der Waals surface area (Å²) >= 11 is 1.53. The number of benzene rings is 2. The molecule has 1 atom stereocenters. The van der Waals surface area contributed by atoms with Crippen molar-refractivity contribution in [2.45, 2.75) is 25.3 Å². The van der Waals surface area contributed by atoms with Gasteiger partial charge < -0.3 is 10.4 Å². The number of hydrogen-bond acceptors (Lipinski definition) is 4. The molecule has 26 heavy (non-hydrogen) atoms. The monoisotopic (exact) mass is 372 g/mol. The highest BCUT2D eigenvalue weighted by atomic mass is 32.1. The molecule has 0 saturated carbocycles. The number of carbonyl (C=O) groups is 2. The van der Waals surface area contributed by atoms with E-state index >= 15 is 0 Å². The molecule has 3 rings (SSSR count). The molecule has 0 aliphatic heterocycles. The number of rotatable bonds is 7. The zero-order valence-electron chi connectivity index (χ0n) is 13.8. The lowest BCUT2D eigenvalue weighted by Crippen LogP contribution is -2.42. The normalized spacial score (nSPS) is 12.0. The Hall–Kier alpha value is -2.80. The fourth-order valence-corrected chi connectivity index (χ4v) is 3.54. The molecular formula is C19H17FN2O3S.